The van der Waals surface area contributed by atoms with Crippen molar-refractivity contribution in [1.82, 2.24) is 19.4 Å². The fourth-order valence-corrected chi connectivity index (χ4v) is 3.95. The summed E-state index contributed by atoms with van der Waals surface area (Å²) >= 11 is 1.77. The Labute approximate surface area is 151 Å². The Morgan fingerprint density at radius 2 is 2.08 bits per heavy atom. The van der Waals surface area contributed by atoms with Gasteiger partial charge in [0.05, 0.1) is 0 Å². The molecule has 6 nitrogen and oxygen atoms in total. The molecule has 2 aromatic rings. The van der Waals surface area contributed by atoms with Gasteiger partial charge in [-0.05, 0) is 37.8 Å². The average molecular weight is 360 g/mol. The summed E-state index contributed by atoms with van der Waals surface area (Å²) in [6.07, 6.45) is 0.956. The molecule has 0 aromatic carbocycles. The summed E-state index contributed by atoms with van der Waals surface area (Å²) in [5, 5.41) is 2.10. The fourth-order valence-electron chi connectivity index (χ4n) is 3.20. The molecular formula is C18H24N4O2S. The lowest BCUT2D eigenvalue weighted by molar-refractivity contribution is -0.131. The lowest BCUT2D eigenvalue weighted by atomic mass is 10.3. The standard InChI is InChI=1S/C18H24N4O2S/c1-14-11-15(2)22(18(24)19-14)13-17(23)21-7-4-6-20(8-9-21)12-16-5-3-10-25-16/h3,5,10-11H,4,6-9,12-13H2,1-2H3. The first kappa shape index (κ1) is 17.8. The van der Waals surface area contributed by atoms with Crippen LogP contribution in [0.1, 0.15) is 22.7 Å². The molecule has 3 heterocycles. The SMILES string of the molecule is Cc1cc(C)n(CC(=O)N2CCCN(Cc3cccs3)CC2)c(=O)n1. The van der Waals surface area contributed by atoms with E-state index in [1.54, 1.807) is 18.3 Å². The van der Waals surface area contributed by atoms with Crippen LogP contribution >= 0.6 is 11.3 Å². The van der Waals surface area contributed by atoms with Crippen molar-refractivity contribution < 1.29 is 4.79 Å². The van der Waals surface area contributed by atoms with Crippen LogP contribution in [0.15, 0.2) is 28.4 Å². The van der Waals surface area contributed by atoms with Gasteiger partial charge in [0.1, 0.15) is 6.54 Å². The molecule has 3 rings (SSSR count). The number of rotatable bonds is 4. The Bertz CT molecular complexity index is 785. The number of carbonyl (C=O) groups excluding carboxylic acids is 1. The highest BCUT2D eigenvalue weighted by atomic mass is 32.1. The molecule has 0 aliphatic carbocycles. The van der Waals surface area contributed by atoms with Gasteiger partial charge in [0.25, 0.3) is 0 Å². The molecule has 1 aliphatic heterocycles. The van der Waals surface area contributed by atoms with E-state index < -0.39 is 0 Å². The third-order valence-electron chi connectivity index (χ3n) is 4.54. The van der Waals surface area contributed by atoms with Crippen molar-refractivity contribution in [3.8, 4) is 0 Å². The molecule has 0 saturated carbocycles. The molecule has 0 bridgehead atoms. The van der Waals surface area contributed by atoms with Crippen molar-refractivity contribution in [2.45, 2.75) is 33.4 Å². The van der Waals surface area contributed by atoms with Gasteiger partial charge >= 0.3 is 5.69 Å². The summed E-state index contributed by atoms with van der Waals surface area (Å²) in [6.45, 7) is 7.95. The second kappa shape index (κ2) is 7.93. The summed E-state index contributed by atoms with van der Waals surface area (Å²) in [4.78, 5) is 34.3. The normalized spacial score (nSPS) is 16.0. The van der Waals surface area contributed by atoms with E-state index in [1.165, 1.54) is 9.44 Å². The van der Waals surface area contributed by atoms with Crippen molar-refractivity contribution in [2.24, 2.45) is 0 Å². The Morgan fingerprint density at radius 3 is 2.80 bits per heavy atom. The van der Waals surface area contributed by atoms with E-state index in [0.29, 0.717) is 12.2 Å². The topological polar surface area (TPSA) is 58.4 Å². The number of hydrogen-bond acceptors (Lipinski definition) is 5. The number of nitrogens with zero attached hydrogens (tertiary/aromatic N) is 4. The van der Waals surface area contributed by atoms with Crippen LogP contribution in [0.2, 0.25) is 0 Å². The number of hydrogen-bond donors (Lipinski definition) is 0. The van der Waals surface area contributed by atoms with Gasteiger partial charge in [0, 0.05) is 49.0 Å². The fraction of sp³-hybridized carbons (Fsp3) is 0.500. The zero-order valence-electron chi connectivity index (χ0n) is 14.8. The summed E-state index contributed by atoms with van der Waals surface area (Å²) < 4.78 is 1.46. The molecule has 0 spiro atoms. The van der Waals surface area contributed by atoms with Crippen LogP contribution in [0.5, 0.6) is 0 Å². The van der Waals surface area contributed by atoms with Crippen molar-refractivity contribution in [3.63, 3.8) is 0 Å². The van der Waals surface area contributed by atoms with Crippen LogP contribution in [0, 0.1) is 13.8 Å². The molecule has 1 amide bonds. The maximum Gasteiger partial charge on any atom is 0.348 e. The molecule has 0 atom stereocenters. The first-order chi connectivity index (χ1) is 12.0. The molecule has 7 heteroatoms. The molecule has 134 valence electrons. The molecular weight excluding hydrogens is 336 g/mol. The van der Waals surface area contributed by atoms with E-state index in [9.17, 15) is 9.59 Å². The van der Waals surface area contributed by atoms with E-state index in [4.69, 9.17) is 0 Å². The van der Waals surface area contributed by atoms with Gasteiger partial charge in [-0.2, -0.15) is 4.98 Å². The molecule has 1 aliphatic rings. The minimum absolute atomic E-state index is 0.00572. The van der Waals surface area contributed by atoms with Gasteiger partial charge in [-0.1, -0.05) is 6.07 Å². The monoisotopic (exact) mass is 360 g/mol. The van der Waals surface area contributed by atoms with Gasteiger partial charge < -0.3 is 4.90 Å². The van der Waals surface area contributed by atoms with Gasteiger partial charge in [0.2, 0.25) is 5.91 Å². The van der Waals surface area contributed by atoms with Gasteiger partial charge in [-0.15, -0.1) is 11.3 Å². The average Bonchev–Trinajstić information content (AvgIpc) is 2.95. The van der Waals surface area contributed by atoms with Gasteiger partial charge in [-0.25, -0.2) is 4.79 Å². The number of carbonyl (C=O) groups is 1. The van der Waals surface area contributed by atoms with E-state index in [2.05, 4.69) is 27.4 Å². The zero-order valence-corrected chi connectivity index (χ0v) is 15.6. The zero-order chi connectivity index (χ0) is 17.8. The Balaban J connectivity index is 1.61. The van der Waals surface area contributed by atoms with Crippen LogP contribution < -0.4 is 5.69 Å². The molecule has 25 heavy (non-hydrogen) atoms. The third-order valence-corrected chi connectivity index (χ3v) is 5.40. The molecule has 0 unspecified atom stereocenters. The summed E-state index contributed by atoms with van der Waals surface area (Å²) in [5.74, 6) is -0.00572. The van der Waals surface area contributed by atoms with Crippen LogP contribution in [0.25, 0.3) is 0 Å². The van der Waals surface area contributed by atoms with Crippen molar-refractivity contribution in [2.75, 3.05) is 26.2 Å². The second-order valence-electron chi connectivity index (χ2n) is 6.50. The van der Waals surface area contributed by atoms with Gasteiger partial charge in [0.15, 0.2) is 0 Å². The third kappa shape index (κ3) is 4.55. The van der Waals surface area contributed by atoms with E-state index in [-0.39, 0.29) is 18.1 Å². The molecule has 0 N–H and O–H groups in total. The summed E-state index contributed by atoms with van der Waals surface area (Å²) in [7, 11) is 0. The van der Waals surface area contributed by atoms with Crippen LogP contribution in [0.3, 0.4) is 0 Å². The molecule has 0 radical (unpaired) electrons. The maximum atomic E-state index is 12.7. The highest BCUT2D eigenvalue weighted by Gasteiger charge is 2.20. The van der Waals surface area contributed by atoms with Crippen LogP contribution in [0.4, 0.5) is 0 Å². The Morgan fingerprint density at radius 1 is 1.24 bits per heavy atom. The Hall–Kier alpha value is -1.99. The number of aryl methyl sites for hydroxylation is 2. The van der Waals surface area contributed by atoms with Gasteiger partial charge in [-0.3, -0.25) is 14.3 Å². The minimum atomic E-state index is -0.347. The predicted octanol–water partition coefficient (Wildman–Crippen LogP) is 1.66. The second-order valence-corrected chi connectivity index (χ2v) is 7.53. The maximum absolute atomic E-state index is 12.7. The van der Waals surface area contributed by atoms with Crippen LogP contribution in [-0.4, -0.2) is 51.4 Å². The molecule has 1 fully saturated rings. The minimum Gasteiger partial charge on any atom is -0.340 e. The van der Waals surface area contributed by atoms with Crippen molar-refractivity contribution >= 4 is 17.2 Å². The largest absolute Gasteiger partial charge is 0.348 e. The predicted molar refractivity (Wildman–Crippen MR) is 98.8 cm³/mol. The first-order valence-corrected chi connectivity index (χ1v) is 9.48. The molecule has 2 aromatic heterocycles. The van der Waals surface area contributed by atoms with E-state index in [1.807, 2.05) is 17.9 Å². The van der Waals surface area contributed by atoms with Crippen LogP contribution in [-0.2, 0) is 17.9 Å². The smallest absolute Gasteiger partial charge is 0.340 e. The highest BCUT2D eigenvalue weighted by Crippen LogP contribution is 2.14. The van der Waals surface area contributed by atoms with Crippen molar-refractivity contribution in [3.05, 3.63) is 50.3 Å². The Kier molecular flexibility index (Phi) is 5.65. The summed E-state index contributed by atoms with van der Waals surface area (Å²) in [5.41, 5.74) is 1.12. The van der Waals surface area contributed by atoms with Crippen molar-refractivity contribution in [1.29, 1.82) is 0 Å². The lowest BCUT2D eigenvalue weighted by Gasteiger charge is -2.22. The quantitative estimate of drug-likeness (QED) is 0.832. The summed E-state index contributed by atoms with van der Waals surface area (Å²) in [6, 6.07) is 6.06. The lowest BCUT2D eigenvalue weighted by Crippen LogP contribution is -2.40. The number of amides is 1. The van der Waals surface area contributed by atoms with E-state index >= 15 is 0 Å². The highest BCUT2D eigenvalue weighted by molar-refractivity contribution is 7.09. The first-order valence-electron chi connectivity index (χ1n) is 8.60. The number of thiophene rings is 1. The number of aromatic nitrogens is 2. The molecule has 1 saturated heterocycles. The van der Waals surface area contributed by atoms with E-state index in [0.717, 1.165) is 38.3 Å².